The van der Waals surface area contributed by atoms with Crippen LogP contribution >= 0.6 is 12.2 Å². The van der Waals surface area contributed by atoms with E-state index in [1.54, 1.807) is 6.20 Å². The molecule has 6 heteroatoms. The van der Waals surface area contributed by atoms with Gasteiger partial charge in [0.2, 0.25) is 5.91 Å². The van der Waals surface area contributed by atoms with Gasteiger partial charge < -0.3 is 15.6 Å². The highest BCUT2D eigenvalue weighted by Crippen LogP contribution is 2.27. The molecule has 0 radical (unpaired) electrons. The largest absolute Gasteiger partial charge is 0.392 e. The highest BCUT2D eigenvalue weighted by atomic mass is 32.1. The van der Waals surface area contributed by atoms with Gasteiger partial charge >= 0.3 is 0 Å². The summed E-state index contributed by atoms with van der Waals surface area (Å²) in [6.45, 7) is 4.22. The Morgan fingerprint density at radius 2 is 2.17 bits per heavy atom. The van der Waals surface area contributed by atoms with E-state index >= 15 is 0 Å². The van der Waals surface area contributed by atoms with Crippen molar-refractivity contribution in [3.8, 4) is 0 Å². The van der Waals surface area contributed by atoms with E-state index < -0.39 is 5.41 Å². The summed E-state index contributed by atoms with van der Waals surface area (Å²) in [6.07, 6.45) is 4.74. The van der Waals surface area contributed by atoms with Crippen LogP contribution in [-0.4, -0.2) is 20.4 Å². The third kappa shape index (κ3) is 2.69. The highest BCUT2D eigenvalue weighted by Gasteiger charge is 2.37. The van der Waals surface area contributed by atoms with Crippen LogP contribution < -0.4 is 11.1 Å². The fourth-order valence-electron chi connectivity index (χ4n) is 1.93. The molecule has 1 aromatic heterocycles. The van der Waals surface area contributed by atoms with Crippen LogP contribution in [0.15, 0.2) is 12.4 Å². The van der Waals surface area contributed by atoms with Crippen LogP contribution in [0, 0.1) is 5.41 Å². The van der Waals surface area contributed by atoms with Gasteiger partial charge in [0.05, 0.1) is 16.9 Å². The van der Waals surface area contributed by atoms with Crippen molar-refractivity contribution in [3.63, 3.8) is 0 Å². The maximum absolute atomic E-state index is 12.3. The molecule has 0 aliphatic rings. The zero-order valence-corrected chi connectivity index (χ0v) is 11.9. The molecule has 0 bridgehead atoms. The van der Waals surface area contributed by atoms with Gasteiger partial charge in [-0.05, 0) is 12.8 Å². The fourth-order valence-corrected chi connectivity index (χ4v) is 2.31. The van der Waals surface area contributed by atoms with E-state index in [0.717, 1.165) is 5.82 Å². The molecule has 3 N–H and O–H groups in total. The number of hydrogen-bond donors (Lipinski definition) is 2. The second-order valence-corrected chi connectivity index (χ2v) is 4.73. The zero-order chi connectivity index (χ0) is 13.8. The zero-order valence-electron chi connectivity index (χ0n) is 11.1. The molecule has 1 heterocycles. The molecule has 18 heavy (non-hydrogen) atoms. The molecule has 5 nitrogen and oxygen atoms in total. The molecule has 0 aromatic carbocycles. The van der Waals surface area contributed by atoms with E-state index in [-0.39, 0.29) is 10.9 Å². The summed E-state index contributed by atoms with van der Waals surface area (Å²) in [5, 5.41) is 2.86. The number of carbonyl (C=O) groups is 1. The number of nitrogens with one attached hydrogen (secondary N) is 1. The van der Waals surface area contributed by atoms with Gasteiger partial charge in [-0.3, -0.25) is 4.79 Å². The minimum atomic E-state index is -0.750. The molecule has 0 aliphatic heterocycles. The van der Waals surface area contributed by atoms with E-state index in [0.29, 0.717) is 19.4 Å². The molecule has 0 aliphatic carbocycles. The van der Waals surface area contributed by atoms with Crippen molar-refractivity contribution in [1.82, 2.24) is 14.9 Å². The van der Waals surface area contributed by atoms with E-state index in [2.05, 4.69) is 10.3 Å². The molecular weight excluding hydrogens is 248 g/mol. The van der Waals surface area contributed by atoms with Crippen molar-refractivity contribution < 1.29 is 4.79 Å². The maximum Gasteiger partial charge on any atom is 0.233 e. The van der Waals surface area contributed by atoms with E-state index in [4.69, 9.17) is 18.0 Å². The van der Waals surface area contributed by atoms with Gasteiger partial charge in [-0.2, -0.15) is 0 Å². The number of aromatic nitrogens is 2. The summed E-state index contributed by atoms with van der Waals surface area (Å²) >= 11 is 5.04. The van der Waals surface area contributed by atoms with Crippen LogP contribution in [0.1, 0.15) is 32.5 Å². The summed E-state index contributed by atoms with van der Waals surface area (Å²) in [6, 6.07) is 0. The van der Waals surface area contributed by atoms with Crippen LogP contribution in [0.2, 0.25) is 0 Å². The summed E-state index contributed by atoms with van der Waals surface area (Å²) in [7, 11) is 1.88. The number of imidazole rings is 1. The average molecular weight is 268 g/mol. The number of nitrogens with zero attached hydrogens (tertiary/aromatic N) is 2. The van der Waals surface area contributed by atoms with Crippen molar-refractivity contribution >= 4 is 23.1 Å². The summed E-state index contributed by atoms with van der Waals surface area (Å²) in [5.41, 5.74) is 4.97. The Hall–Kier alpha value is -1.43. The van der Waals surface area contributed by atoms with Crippen LogP contribution in [0.5, 0.6) is 0 Å². The van der Waals surface area contributed by atoms with Crippen LogP contribution in [0.25, 0.3) is 0 Å². The van der Waals surface area contributed by atoms with E-state index in [1.165, 1.54) is 0 Å². The van der Waals surface area contributed by atoms with Crippen molar-refractivity contribution in [3.05, 3.63) is 18.2 Å². The van der Waals surface area contributed by atoms with Crippen molar-refractivity contribution in [2.75, 3.05) is 0 Å². The first kappa shape index (κ1) is 14.6. The number of hydrogen-bond acceptors (Lipinski definition) is 3. The van der Waals surface area contributed by atoms with E-state index in [1.807, 2.05) is 31.7 Å². The number of carbonyl (C=O) groups excluding carboxylic acids is 1. The van der Waals surface area contributed by atoms with Gasteiger partial charge in [0.15, 0.2) is 0 Å². The number of nitrogens with two attached hydrogens (primary N) is 1. The quantitative estimate of drug-likeness (QED) is 0.759. The van der Waals surface area contributed by atoms with Gasteiger partial charge in [0.1, 0.15) is 5.82 Å². The first-order chi connectivity index (χ1) is 8.47. The third-order valence-corrected chi connectivity index (χ3v) is 3.83. The molecule has 1 amide bonds. The van der Waals surface area contributed by atoms with Crippen LogP contribution in [-0.2, 0) is 18.4 Å². The van der Waals surface area contributed by atoms with Gasteiger partial charge in [-0.25, -0.2) is 4.98 Å². The Morgan fingerprint density at radius 1 is 1.56 bits per heavy atom. The Morgan fingerprint density at radius 3 is 2.56 bits per heavy atom. The normalized spacial score (nSPS) is 11.3. The SMILES string of the molecule is CCC(CC)(C(=O)NCc1nccn1C)C(N)=S. The monoisotopic (exact) mass is 268 g/mol. The molecular formula is C12H20N4OS. The number of amides is 1. The molecule has 1 aromatic rings. The molecule has 0 spiro atoms. The molecule has 0 atom stereocenters. The summed E-state index contributed by atoms with van der Waals surface area (Å²) < 4.78 is 1.86. The molecule has 0 fully saturated rings. The standard InChI is InChI=1S/C12H20N4OS/c1-4-12(5-2,10(13)18)11(17)15-8-9-14-6-7-16(9)3/h6-7H,4-5,8H2,1-3H3,(H2,13,18)(H,15,17). The molecule has 0 saturated carbocycles. The summed E-state index contributed by atoms with van der Waals surface area (Å²) in [4.78, 5) is 16.7. The third-order valence-electron chi connectivity index (χ3n) is 3.44. The van der Waals surface area contributed by atoms with Gasteiger partial charge in [-0.15, -0.1) is 0 Å². The number of rotatable bonds is 6. The predicted octanol–water partition coefficient (Wildman–Crippen LogP) is 1.13. The Kier molecular flexibility index (Phi) is 4.84. The lowest BCUT2D eigenvalue weighted by Crippen LogP contribution is -2.48. The lowest BCUT2D eigenvalue weighted by Gasteiger charge is -2.28. The van der Waals surface area contributed by atoms with Crippen LogP contribution in [0.3, 0.4) is 0 Å². The molecule has 100 valence electrons. The molecule has 0 saturated heterocycles. The number of thiocarbonyl (C=S) groups is 1. The first-order valence-electron chi connectivity index (χ1n) is 6.02. The fraction of sp³-hybridized carbons (Fsp3) is 0.583. The lowest BCUT2D eigenvalue weighted by atomic mass is 9.81. The Balaban J connectivity index is 2.75. The minimum Gasteiger partial charge on any atom is -0.392 e. The van der Waals surface area contributed by atoms with Gasteiger partial charge in [0, 0.05) is 19.4 Å². The van der Waals surface area contributed by atoms with Crippen molar-refractivity contribution in [1.29, 1.82) is 0 Å². The average Bonchev–Trinajstić information content (AvgIpc) is 2.74. The smallest absolute Gasteiger partial charge is 0.233 e. The van der Waals surface area contributed by atoms with Crippen LogP contribution in [0.4, 0.5) is 0 Å². The van der Waals surface area contributed by atoms with Crippen molar-refractivity contribution in [2.45, 2.75) is 33.2 Å². The Labute approximate surface area is 113 Å². The topological polar surface area (TPSA) is 72.9 Å². The maximum atomic E-state index is 12.3. The first-order valence-corrected chi connectivity index (χ1v) is 6.43. The molecule has 1 rings (SSSR count). The minimum absolute atomic E-state index is 0.122. The van der Waals surface area contributed by atoms with Gasteiger partial charge in [0.25, 0.3) is 0 Å². The van der Waals surface area contributed by atoms with E-state index in [9.17, 15) is 4.79 Å². The summed E-state index contributed by atoms with van der Waals surface area (Å²) in [5.74, 6) is 0.676. The molecule has 0 unspecified atom stereocenters. The lowest BCUT2D eigenvalue weighted by molar-refractivity contribution is -0.128. The predicted molar refractivity (Wildman–Crippen MR) is 74.9 cm³/mol. The Bertz CT molecular complexity index is 437. The van der Waals surface area contributed by atoms with Gasteiger partial charge in [-0.1, -0.05) is 26.1 Å². The van der Waals surface area contributed by atoms with Crippen molar-refractivity contribution in [2.24, 2.45) is 18.2 Å². The second kappa shape index (κ2) is 5.95. The second-order valence-electron chi connectivity index (χ2n) is 4.29. The number of aryl methyl sites for hydroxylation is 1. The highest BCUT2D eigenvalue weighted by molar-refractivity contribution is 7.80.